The Hall–Kier alpha value is -1.02. The van der Waals surface area contributed by atoms with Crippen LogP contribution >= 0.6 is 0 Å². The zero-order valence-corrected chi connectivity index (χ0v) is 6.62. The number of para-hydroxylation sites is 1. The van der Waals surface area contributed by atoms with E-state index in [1.807, 2.05) is 11.1 Å². The minimum atomic E-state index is 0.451. The Morgan fingerprint density at radius 1 is 1.45 bits per heavy atom. The van der Waals surface area contributed by atoms with Crippen LogP contribution in [0.1, 0.15) is 12.5 Å². The van der Waals surface area contributed by atoms with Crippen molar-refractivity contribution in [3.05, 3.63) is 29.8 Å². The third kappa shape index (κ3) is 0.906. The average Bonchev–Trinajstić information content (AvgIpc) is 2.30. The number of fused-ring (bicyclic) bond motifs is 1. The normalized spacial score (nSPS) is 22.0. The highest BCUT2D eigenvalue weighted by Gasteiger charge is 2.21. The lowest BCUT2D eigenvalue weighted by atomic mass is 10.1. The van der Waals surface area contributed by atoms with Gasteiger partial charge in [0.2, 0.25) is 0 Å². The molecule has 0 spiro atoms. The molecule has 2 rings (SSSR count). The molecule has 2 heteroatoms. The maximum Gasteiger partial charge on any atom is 0.0553 e. The molecule has 2 nitrogen and oxygen atoms in total. The Balaban J connectivity index is 2.47. The number of hydrogen-bond donors (Lipinski definition) is 1. The van der Waals surface area contributed by atoms with E-state index in [2.05, 4.69) is 25.1 Å². The molecular weight excluding hydrogens is 136 g/mol. The Kier molecular flexibility index (Phi) is 1.36. The van der Waals surface area contributed by atoms with Gasteiger partial charge in [0.05, 0.1) is 5.69 Å². The number of hydrogen-bond acceptors (Lipinski definition) is 2. The molecule has 2 N–H and O–H groups in total. The first-order valence-corrected chi connectivity index (χ1v) is 3.91. The maximum absolute atomic E-state index is 5.82. The molecule has 11 heavy (non-hydrogen) atoms. The van der Waals surface area contributed by atoms with Crippen molar-refractivity contribution in [2.24, 2.45) is 5.84 Å². The molecule has 1 aromatic rings. The summed E-state index contributed by atoms with van der Waals surface area (Å²) in [5.41, 5.74) is 2.54. The first-order valence-electron chi connectivity index (χ1n) is 3.91. The largest absolute Gasteiger partial charge is 0.308 e. The van der Waals surface area contributed by atoms with E-state index in [4.69, 9.17) is 5.84 Å². The Morgan fingerprint density at radius 3 is 2.91 bits per heavy atom. The van der Waals surface area contributed by atoms with Gasteiger partial charge in [-0.25, -0.2) is 5.84 Å². The van der Waals surface area contributed by atoms with Crippen molar-refractivity contribution in [3.8, 4) is 0 Å². The number of anilines is 1. The van der Waals surface area contributed by atoms with Crippen molar-refractivity contribution in [1.82, 2.24) is 0 Å². The molecule has 0 aromatic heterocycles. The van der Waals surface area contributed by atoms with E-state index >= 15 is 0 Å². The molecule has 1 aliphatic heterocycles. The second kappa shape index (κ2) is 2.24. The summed E-state index contributed by atoms with van der Waals surface area (Å²) in [7, 11) is 0. The molecule has 0 saturated carbocycles. The van der Waals surface area contributed by atoms with Gasteiger partial charge in [0.25, 0.3) is 0 Å². The number of nitrogens with two attached hydrogens (primary N) is 1. The third-order valence-electron chi connectivity index (χ3n) is 2.26. The standard InChI is InChI=1S/C9H12N2/c1-7-6-8-4-2-3-5-9(8)11(7)10/h2-5,7H,6,10H2,1H3/t7-/m0/s1. The summed E-state index contributed by atoms with van der Waals surface area (Å²) in [5, 5.41) is 1.84. The lowest BCUT2D eigenvalue weighted by Crippen LogP contribution is -2.35. The fourth-order valence-electron chi connectivity index (χ4n) is 1.59. The van der Waals surface area contributed by atoms with Crippen LogP contribution in [0.25, 0.3) is 0 Å². The number of nitrogens with zero attached hydrogens (tertiary/aromatic N) is 1. The molecular formula is C9H12N2. The quantitative estimate of drug-likeness (QED) is 0.562. The zero-order valence-electron chi connectivity index (χ0n) is 6.62. The van der Waals surface area contributed by atoms with Gasteiger partial charge in [0.1, 0.15) is 0 Å². The van der Waals surface area contributed by atoms with Crippen LogP contribution in [-0.2, 0) is 6.42 Å². The van der Waals surface area contributed by atoms with Gasteiger partial charge in [-0.2, -0.15) is 0 Å². The molecule has 58 valence electrons. The highest BCUT2D eigenvalue weighted by molar-refractivity contribution is 5.57. The van der Waals surface area contributed by atoms with Crippen molar-refractivity contribution in [2.75, 3.05) is 5.01 Å². The van der Waals surface area contributed by atoms with Crippen LogP contribution in [0.3, 0.4) is 0 Å². The number of hydrazine groups is 1. The molecule has 1 aliphatic rings. The fraction of sp³-hybridized carbons (Fsp3) is 0.333. The second-order valence-electron chi connectivity index (χ2n) is 3.09. The van der Waals surface area contributed by atoms with Gasteiger partial charge >= 0.3 is 0 Å². The van der Waals surface area contributed by atoms with E-state index < -0.39 is 0 Å². The van der Waals surface area contributed by atoms with Crippen LogP contribution in [0, 0.1) is 0 Å². The minimum Gasteiger partial charge on any atom is -0.308 e. The van der Waals surface area contributed by atoms with Crippen LogP contribution in [0.2, 0.25) is 0 Å². The summed E-state index contributed by atoms with van der Waals surface area (Å²) in [6, 6.07) is 8.74. The van der Waals surface area contributed by atoms with Gasteiger partial charge in [0, 0.05) is 6.04 Å². The molecule has 0 saturated heterocycles. The zero-order chi connectivity index (χ0) is 7.84. The molecule has 0 radical (unpaired) electrons. The number of benzene rings is 1. The van der Waals surface area contributed by atoms with Crippen LogP contribution in [0.15, 0.2) is 24.3 Å². The van der Waals surface area contributed by atoms with Crippen molar-refractivity contribution in [3.63, 3.8) is 0 Å². The van der Waals surface area contributed by atoms with Gasteiger partial charge in [-0.05, 0) is 25.0 Å². The van der Waals surface area contributed by atoms with Gasteiger partial charge in [-0.15, -0.1) is 0 Å². The summed E-state index contributed by atoms with van der Waals surface area (Å²) >= 11 is 0. The fourth-order valence-corrected chi connectivity index (χ4v) is 1.59. The van der Waals surface area contributed by atoms with E-state index in [-0.39, 0.29) is 0 Å². The van der Waals surface area contributed by atoms with Crippen molar-refractivity contribution in [1.29, 1.82) is 0 Å². The molecule has 1 heterocycles. The van der Waals surface area contributed by atoms with E-state index in [0.717, 1.165) is 6.42 Å². The monoisotopic (exact) mass is 148 g/mol. The SMILES string of the molecule is C[C@H]1Cc2ccccc2N1N. The van der Waals surface area contributed by atoms with Gasteiger partial charge in [-0.3, -0.25) is 0 Å². The summed E-state index contributed by atoms with van der Waals surface area (Å²) in [5.74, 6) is 5.82. The average molecular weight is 148 g/mol. The highest BCUT2D eigenvalue weighted by Crippen LogP contribution is 2.28. The Labute approximate surface area is 66.6 Å². The van der Waals surface area contributed by atoms with Gasteiger partial charge < -0.3 is 5.01 Å². The molecule has 0 bridgehead atoms. The molecule has 0 unspecified atom stereocenters. The topological polar surface area (TPSA) is 29.3 Å². The first kappa shape index (κ1) is 6.68. The van der Waals surface area contributed by atoms with Crippen LogP contribution < -0.4 is 10.9 Å². The minimum absolute atomic E-state index is 0.451. The molecule has 0 amide bonds. The predicted octanol–water partition coefficient (Wildman–Crippen LogP) is 1.31. The lowest BCUT2D eigenvalue weighted by molar-refractivity contribution is 0.697. The van der Waals surface area contributed by atoms with Gasteiger partial charge in [-0.1, -0.05) is 18.2 Å². The number of rotatable bonds is 0. The maximum atomic E-state index is 5.82. The van der Waals surface area contributed by atoms with Crippen LogP contribution in [0.4, 0.5) is 5.69 Å². The van der Waals surface area contributed by atoms with Crippen LogP contribution in [0.5, 0.6) is 0 Å². The van der Waals surface area contributed by atoms with E-state index in [0.29, 0.717) is 6.04 Å². The second-order valence-corrected chi connectivity index (χ2v) is 3.09. The summed E-state index contributed by atoms with van der Waals surface area (Å²) in [6.07, 6.45) is 1.08. The Morgan fingerprint density at radius 2 is 2.18 bits per heavy atom. The predicted molar refractivity (Wildman–Crippen MR) is 46.3 cm³/mol. The van der Waals surface area contributed by atoms with E-state index in [1.54, 1.807) is 0 Å². The van der Waals surface area contributed by atoms with E-state index in [9.17, 15) is 0 Å². The van der Waals surface area contributed by atoms with Gasteiger partial charge in [0.15, 0.2) is 0 Å². The van der Waals surface area contributed by atoms with Crippen molar-refractivity contribution in [2.45, 2.75) is 19.4 Å². The summed E-state index contributed by atoms with van der Waals surface area (Å²) < 4.78 is 0. The van der Waals surface area contributed by atoms with E-state index in [1.165, 1.54) is 11.3 Å². The first-order chi connectivity index (χ1) is 5.29. The molecule has 1 aromatic carbocycles. The highest BCUT2D eigenvalue weighted by atomic mass is 15.4. The molecule has 0 aliphatic carbocycles. The smallest absolute Gasteiger partial charge is 0.0553 e. The lowest BCUT2D eigenvalue weighted by Gasteiger charge is -2.17. The molecule has 1 atom stereocenters. The van der Waals surface area contributed by atoms with Crippen molar-refractivity contribution < 1.29 is 0 Å². The summed E-state index contributed by atoms with van der Waals surface area (Å²) in [4.78, 5) is 0. The van der Waals surface area contributed by atoms with Crippen LogP contribution in [-0.4, -0.2) is 6.04 Å². The summed E-state index contributed by atoms with van der Waals surface area (Å²) in [6.45, 7) is 2.14. The third-order valence-corrected chi connectivity index (χ3v) is 2.26. The van der Waals surface area contributed by atoms with Crippen molar-refractivity contribution >= 4 is 5.69 Å². The molecule has 0 fully saturated rings. The Bertz CT molecular complexity index is 270.